The first kappa shape index (κ1) is 16.2. The van der Waals surface area contributed by atoms with Crippen molar-refractivity contribution in [2.45, 2.75) is 44.6 Å². The highest BCUT2D eigenvalue weighted by Crippen LogP contribution is 2.23. The number of para-hydroxylation sites is 1. The Hall–Kier alpha value is -2.30. The molecule has 0 spiro atoms. The van der Waals surface area contributed by atoms with E-state index in [4.69, 9.17) is 0 Å². The molecular weight excluding hydrogens is 314 g/mol. The summed E-state index contributed by atoms with van der Waals surface area (Å²) in [6.45, 7) is 1.24. The van der Waals surface area contributed by atoms with Crippen molar-refractivity contribution in [3.63, 3.8) is 0 Å². The number of carbonyl (C=O) groups is 2. The van der Waals surface area contributed by atoms with E-state index < -0.39 is 0 Å². The Morgan fingerprint density at radius 3 is 2.68 bits per heavy atom. The number of aromatic nitrogens is 1. The standard InChI is InChI=1S/C20H25N3O2/c24-19(21-16-8-2-3-9-16)15-7-5-11-23(13-15)20(25)18-12-14-6-1-4-10-17(14)22-18/h1,4,6,10,12,15-16,22H,2-3,5,7-9,11,13H2,(H,21,24)/t15-/m1/s1. The maximum absolute atomic E-state index is 12.8. The summed E-state index contributed by atoms with van der Waals surface area (Å²) in [5.41, 5.74) is 1.58. The molecule has 1 saturated heterocycles. The number of rotatable bonds is 3. The number of likely N-dealkylation sites (tertiary alicyclic amines) is 1. The molecule has 5 heteroatoms. The van der Waals surface area contributed by atoms with E-state index in [0.717, 1.165) is 43.1 Å². The van der Waals surface area contributed by atoms with Crippen molar-refractivity contribution in [2.24, 2.45) is 5.92 Å². The lowest BCUT2D eigenvalue weighted by Crippen LogP contribution is -2.47. The number of hydrogen-bond acceptors (Lipinski definition) is 2. The van der Waals surface area contributed by atoms with Gasteiger partial charge in [-0.2, -0.15) is 0 Å². The average Bonchev–Trinajstić information content (AvgIpc) is 3.30. The van der Waals surface area contributed by atoms with Crippen LogP contribution in [0.15, 0.2) is 30.3 Å². The summed E-state index contributed by atoms with van der Waals surface area (Å²) in [6, 6.07) is 10.1. The van der Waals surface area contributed by atoms with Crippen LogP contribution in [0.5, 0.6) is 0 Å². The van der Waals surface area contributed by atoms with E-state index in [1.807, 2.05) is 35.2 Å². The first-order chi connectivity index (χ1) is 12.2. The van der Waals surface area contributed by atoms with Crippen molar-refractivity contribution in [1.82, 2.24) is 15.2 Å². The second-order valence-electron chi connectivity index (χ2n) is 7.35. The molecule has 2 fully saturated rings. The van der Waals surface area contributed by atoms with Crippen LogP contribution < -0.4 is 5.32 Å². The predicted octanol–water partition coefficient (Wildman–Crippen LogP) is 3.08. The second-order valence-corrected chi connectivity index (χ2v) is 7.35. The molecule has 1 atom stereocenters. The zero-order valence-corrected chi connectivity index (χ0v) is 14.5. The number of carbonyl (C=O) groups excluding carboxylic acids is 2. The molecule has 132 valence electrons. The van der Waals surface area contributed by atoms with E-state index in [-0.39, 0.29) is 17.7 Å². The van der Waals surface area contributed by atoms with Crippen LogP contribution >= 0.6 is 0 Å². The van der Waals surface area contributed by atoms with Gasteiger partial charge in [0.2, 0.25) is 5.91 Å². The van der Waals surface area contributed by atoms with Gasteiger partial charge in [-0.05, 0) is 37.8 Å². The Labute approximate surface area is 147 Å². The quantitative estimate of drug-likeness (QED) is 0.902. The fraction of sp³-hybridized carbons (Fsp3) is 0.500. The van der Waals surface area contributed by atoms with Crippen LogP contribution in [0, 0.1) is 5.92 Å². The largest absolute Gasteiger partial charge is 0.353 e. The van der Waals surface area contributed by atoms with Gasteiger partial charge < -0.3 is 15.2 Å². The van der Waals surface area contributed by atoms with Crippen molar-refractivity contribution in [1.29, 1.82) is 0 Å². The maximum atomic E-state index is 12.8. The molecule has 0 unspecified atom stereocenters. The average molecular weight is 339 g/mol. The van der Waals surface area contributed by atoms with E-state index >= 15 is 0 Å². The Bertz CT molecular complexity index is 743. The number of nitrogens with one attached hydrogen (secondary N) is 2. The number of piperidine rings is 1. The molecule has 2 aliphatic rings. The smallest absolute Gasteiger partial charge is 0.270 e. The van der Waals surface area contributed by atoms with Crippen LogP contribution in [-0.2, 0) is 4.79 Å². The normalized spacial score (nSPS) is 21.6. The lowest BCUT2D eigenvalue weighted by atomic mass is 9.96. The molecule has 0 bridgehead atoms. The van der Waals surface area contributed by atoms with Gasteiger partial charge in [-0.15, -0.1) is 0 Å². The second kappa shape index (κ2) is 6.90. The summed E-state index contributed by atoms with van der Waals surface area (Å²) < 4.78 is 0. The zero-order valence-electron chi connectivity index (χ0n) is 14.5. The van der Waals surface area contributed by atoms with Crippen LogP contribution in [0.1, 0.15) is 49.0 Å². The summed E-state index contributed by atoms with van der Waals surface area (Å²) in [7, 11) is 0. The molecule has 2 heterocycles. The molecular formula is C20H25N3O2. The van der Waals surface area contributed by atoms with Gasteiger partial charge in [-0.1, -0.05) is 31.0 Å². The van der Waals surface area contributed by atoms with Gasteiger partial charge in [0.15, 0.2) is 0 Å². The minimum absolute atomic E-state index is 0.00503. The number of fused-ring (bicyclic) bond motifs is 1. The Kier molecular flexibility index (Phi) is 4.47. The fourth-order valence-corrected chi connectivity index (χ4v) is 4.12. The van der Waals surface area contributed by atoms with Crippen LogP contribution in [0.4, 0.5) is 0 Å². The Balaban J connectivity index is 1.43. The van der Waals surface area contributed by atoms with Gasteiger partial charge in [-0.25, -0.2) is 0 Å². The molecule has 1 aromatic carbocycles. The van der Waals surface area contributed by atoms with Gasteiger partial charge in [-0.3, -0.25) is 9.59 Å². The number of hydrogen-bond donors (Lipinski definition) is 2. The molecule has 5 nitrogen and oxygen atoms in total. The van der Waals surface area contributed by atoms with E-state index in [0.29, 0.717) is 18.3 Å². The summed E-state index contributed by atoms with van der Waals surface area (Å²) in [5, 5.41) is 4.22. The maximum Gasteiger partial charge on any atom is 0.270 e. The molecule has 2 aromatic rings. The topological polar surface area (TPSA) is 65.2 Å². The van der Waals surface area contributed by atoms with Gasteiger partial charge in [0.25, 0.3) is 5.91 Å². The molecule has 2 N–H and O–H groups in total. The van der Waals surface area contributed by atoms with E-state index in [2.05, 4.69) is 10.3 Å². The number of amides is 2. The number of aromatic amines is 1. The highest BCUT2D eigenvalue weighted by molar-refractivity contribution is 5.98. The zero-order chi connectivity index (χ0) is 17.2. The number of H-pyrrole nitrogens is 1. The molecule has 1 saturated carbocycles. The van der Waals surface area contributed by atoms with E-state index in [9.17, 15) is 9.59 Å². The monoisotopic (exact) mass is 339 g/mol. The first-order valence-corrected chi connectivity index (χ1v) is 9.38. The Morgan fingerprint density at radius 1 is 1.08 bits per heavy atom. The molecule has 0 radical (unpaired) electrons. The lowest BCUT2D eigenvalue weighted by molar-refractivity contribution is -0.127. The minimum atomic E-state index is -0.0809. The molecule has 1 aliphatic carbocycles. The van der Waals surface area contributed by atoms with Crippen LogP contribution in [0.3, 0.4) is 0 Å². The highest BCUT2D eigenvalue weighted by atomic mass is 16.2. The SMILES string of the molecule is O=C(NC1CCCC1)[C@@H]1CCCN(C(=O)c2cc3ccccc3[nH]2)C1. The molecule has 2 amide bonds. The third-order valence-corrected chi connectivity index (χ3v) is 5.54. The predicted molar refractivity (Wildman–Crippen MR) is 97.3 cm³/mol. The third-order valence-electron chi connectivity index (χ3n) is 5.54. The van der Waals surface area contributed by atoms with Crippen molar-refractivity contribution < 1.29 is 9.59 Å². The van der Waals surface area contributed by atoms with E-state index in [1.54, 1.807) is 0 Å². The third kappa shape index (κ3) is 3.41. The van der Waals surface area contributed by atoms with Gasteiger partial charge in [0.05, 0.1) is 5.92 Å². The van der Waals surface area contributed by atoms with Gasteiger partial charge in [0.1, 0.15) is 5.69 Å². The Morgan fingerprint density at radius 2 is 1.88 bits per heavy atom. The molecule has 4 rings (SSSR count). The summed E-state index contributed by atoms with van der Waals surface area (Å²) >= 11 is 0. The molecule has 1 aliphatic heterocycles. The highest BCUT2D eigenvalue weighted by Gasteiger charge is 2.30. The fourth-order valence-electron chi connectivity index (χ4n) is 4.12. The summed E-state index contributed by atoms with van der Waals surface area (Å²) in [6.07, 6.45) is 6.36. The molecule has 25 heavy (non-hydrogen) atoms. The van der Waals surface area contributed by atoms with Gasteiger partial charge in [0, 0.05) is 30.0 Å². The summed E-state index contributed by atoms with van der Waals surface area (Å²) in [5.74, 6) is 0.0401. The van der Waals surface area contributed by atoms with Crippen LogP contribution in [0.2, 0.25) is 0 Å². The van der Waals surface area contributed by atoms with Crippen molar-refractivity contribution in [3.8, 4) is 0 Å². The molecule has 1 aromatic heterocycles. The minimum Gasteiger partial charge on any atom is -0.353 e. The number of nitrogens with zero attached hydrogens (tertiary/aromatic N) is 1. The van der Waals surface area contributed by atoms with Crippen molar-refractivity contribution in [2.75, 3.05) is 13.1 Å². The van der Waals surface area contributed by atoms with Crippen molar-refractivity contribution >= 4 is 22.7 Å². The lowest BCUT2D eigenvalue weighted by Gasteiger charge is -2.32. The van der Waals surface area contributed by atoms with Crippen molar-refractivity contribution in [3.05, 3.63) is 36.0 Å². The van der Waals surface area contributed by atoms with E-state index in [1.165, 1.54) is 12.8 Å². The van der Waals surface area contributed by atoms with Crippen LogP contribution in [0.25, 0.3) is 10.9 Å². The van der Waals surface area contributed by atoms with Crippen LogP contribution in [-0.4, -0.2) is 40.8 Å². The number of benzene rings is 1. The van der Waals surface area contributed by atoms with Gasteiger partial charge >= 0.3 is 0 Å². The first-order valence-electron chi connectivity index (χ1n) is 9.38. The summed E-state index contributed by atoms with van der Waals surface area (Å²) in [4.78, 5) is 30.4.